The van der Waals surface area contributed by atoms with Crippen molar-refractivity contribution in [2.45, 2.75) is 45.7 Å². The first-order valence-electron chi connectivity index (χ1n) is 12.0. The molecule has 1 N–H and O–H groups in total. The molecule has 1 aromatic heterocycles. The molecule has 4 heterocycles. The third-order valence-corrected chi connectivity index (χ3v) is 6.74. The number of rotatable bonds is 6. The number of carbonyl (C=O) groups is 2. The Bertz CT molecular complexity index is 1060. The number of hydrogen-bond acceptors (Lipinski definition) is 7. The van der Waals surface area contributed by atoms with Crippen LogP contribution in [0.4, 0.5) is 0 Å². The Balaban J connectivity index is 1.25. The van der Waals surface area contributed by atoms with E-state index in [0.717, 1.165) is 23.6 Å². The van der Waals surface area contributed by atoms with Gasteiger partial charge in [-0.25, -0.2) is 0 Å². The number of nitrogens with zero attached hydrogens (tertiary/aromatic N) is 4. The summed E-state index contributed by atoms with van der Waals surface area (Å²) in [5.41, 5.74) is 0.900. The molecule has 0 saturated carbocycles. The van der Waals surface area contributed by atoms with Crippen LogP contribution in [-0.4, -0.2) is 64.6 Å². The molecule has 2 amide bonds. The van der Waals surface area contributed by atoms with Gasteiger partial charge in [0.1, 0.15) is 5.82 Å². The second-order valence-corrected chi connectivity index (χ2v) is 9.41. The van der Waals surface area contributed by atoms with Crippen LogP contribution >= 0.6 is 0 Å². The maximum atomic E-state index is 13.1. The number of nitrogens with one attached hydrogen (secondary N) is 1. The van der Waals surface area contributed by atoms with E-state index in [1.54, 1.807) is 0 Å². The summed E-state index contributed by atoms with van der Waals surface area (Å²) < 4.78 is 18.2. The molecule has 3 aliphatic heterocycles. The molecule has 1 aromatic carbocycles. The molecule has 0 bridgehead atoms. The zero-order chi connectivity index (χ0) is 23.7. The normalized spacial score (nSPS) is 20.2. The summed E-state index contributed by atoms with van der Waals surface area (Å²) in [6.07, 6.45) is 1.67. The fourth-order valence-electron chi connectivity index (χ4n) is 4.70. The summed E-state index contributed by atoms with van der Waals surface area (Å²) in [5.74, 6) is 3.09. The average molecular weight is 470 g/mol. The number of ether oxygens (including phenoxy) is 3. The number of fused-ring (bicyclic) bond motifs is 2. The standard InChI is InChI=1S/C24H31N5O5/c1-15(2)22(25-24(31)17-6-10-32-13-17)23-27-26-20-5-7-28(8-9-29(20)23)21(30)12-16-3-4-18-19(11-16)34-14-33-18/h3-4,11,15,17,22H,5-10,12-14H2,1-2H3,(H,25,31)/t17-,22-/m0/s1. The molecule has 0 radical (unpaired) electrons. The predicted molar refractivity (Wildman–Crippen MR) is 121 cm³/mol. The zero-order valence-electron chi connectivity index (χ0n) is 19.7. The maximum absolute atomic E-state index is 13.1. The molecule has 34 heavy (non-hydrogen) atoms. The molecule has 10 nitrogen and oxygen atoms in total. The van der Waals surface area contributed by atoms with E-state index >= 15 is 0 Å². The summed E-state index contributed by atoms with van der Waals surface area (Å²) in [4.78, 5) is 27.7. The zero-order valence-corrected chi connectivity index (χ0v) is 19.7. The smallest absolute Gasteiger partial charge is 0.231 e. The second kappa shape index (κ2) is 9.61. The molecule has 1 saturated heterocycles. The van der Waals surface area contributed by atoms with Crippen LogP contribution in [0.3, 0.4) is 0 Å². The van der Waals surface area contributed by atoms with Gasteiger partial charge in [0.25, 0.3) is 0 Å². The van der Waals surface area contributed by atoms with Crippen LogP contribution < -0.4 is 14.8 Å². The van der Waals surface area contributed by atoms with Crippen LogP contribution in [0.25, 0.3) is 0 Å². The molecule has 1 fully saturated rings. The molecule has 2 atom stereocenters. The minimum atomic E-state index is -0.245. The molecule has 0 unspecified atom stereocenters. The van der Waals surface area contributed by atoms with Gasteiger partial charge in [-0.1, -0.05) is 19.9 Å². The van der Waals surface area contributed by atoms with Crippen LogP contribution in [0.5, 0.6) is 11.5 Å². The number of benzene rings is 1. The third-order valence-electron chi connectivity index (χ3n) is 6.74. The molecule has 182 valence electrons. The van der Waals surface area contributed by atoms with Gasteiger partial charge < -0.3 is 29.0 Å². The van der Waals surface area contributed by atoms with Crippen LogP contribution in [0.2, 0.25) is 0 Å². The second-order valence-electron chi connectivity index (χ2n) is 9.41. The van der Waals surface area contributed by atoms with Crippen LogP contribution in [0.15, 0.2) is 18.2 Å². The molecule has 3 aliphatic rings. The molecule has 0 aliphatic carbocycles. The Labute approximate surface area is 198 Å². The topological polar surface area (TPSA) is 108 Å². The van der Waals surface area contributed by atoms with Gasteiger partial charge in [0.05, 0.1) is 25.0 Å². The lowest BCUT2D eigenvalue weighted by atomic mass is 10.0. The summed E-state index contributed by atoms with van der Waals surface area (Å²) in [5, 5.41) is 12.0. The summed E-state index contributed by atoms with van der Waals surface area (Å²) in [6.45, 7) is 7.18. The Kier molecular flexibility index (Phi) is 6.40. The fraction of sp³-hybridized carbons (Fsp3) is 0.583. The molecule has 0 spiro atoms. The average Bonchev–Trinajstić information content (AvgIpc) is 3.56. The molecular weight excluding hydrogens is 438 g/mol. The van der Waals surface area contributed by atoms with Crippen molar-refractivity contribution < 1.29 is 23.8 Å². The van der Waals surface area contributed by atoms with Crippen LogP contribution in [0.1, 0.15) is 43.5 Å². The molecular formula is C24H31N5O5. The van der Waals surface area contributed by atoms with Crippen molar-refractivity contribution in [1.82, 2.24) is 25.0 Å². The van der Waals surface area contributed by atoms with Crippen molar-refractivity contribution in [3.05, 3.63) is 35.4 Å². The lowest BCUT2D eigenvalue weighted by Gasteiger charge is -2.24. The predicted octanol–water partition coefficient (Wildman–Crippen LogP) is 1.48. The van der Waals surface area contributed by atoms with Gasteiger partial charge in [0.2, 0.25) is 18.6 Å². The van der Waals surface area contributed by atoms with E-state index in [0.29, 0.717) is 57.2 Å². The van der Waals surface area contributed by atoms with Gasteiger partial charge in [0, 0.05) is 32.7 Å². The van der Waals surface area contributed by atoms with Gasteiger partial charge in [-0.05, 0) is 30.0 Å². The monoisotopic (exact) mass is 469 g/mol. The first kappa shape index (κ1) is 22.6. The summed E-state index contributed by atoms with van der Waals surface area (Å²) in [7, 11) is 0. The van der Waals surface area contributed by atoms with E-state index in [4.69, 9.17) is 14.2 Å². The highest BCUT2D eigenvalue weighted by Gasteiger charge is 2.31. The molecule has 5 rings (SSSR count). The van der Waals surface area contributed by atoms with Crippen molar-refractivity contribution in [3.8, 4) is 11.5 Å². The van der Waals surface area contributed by atoms with Crippen LogP contribution in [-0.2, 0) is 33.7 Å². The van der Waals surface area contributed by atoms with Crippen molar-refractivity contribution in [2.75, 3.05) is 33.1 Å². The Morgan fingerprint density at radius 2 is 2.00 bits per heavy atom. The minimum Gasteiger partial charge on any atom is -0.454 e. The van der Waals surface area contributed by atoms with Gasteiger partial charge in [-0.3, -0.25) is 9.59 Å². The Morgan fingerprint density at radius 1 is 1.15 bits per heavy atom. The largest absolute Gasteiger partial charge is 0.454 e. The van der Waals surface area contributed by atoms with Crippen LogP contribution in [0, 0.1) is 11.8 Å². The van der Waals surface area contributed by atoms with Gasteiger partial charge in [0.15, 0.2) is 17.3 Å². The van der Waals surface area contributed by atoms with Gasteiger partial charge in [-0.15, -0.1) is 10.2 Å². The van der Waals surface area contributed by atoms with E-state index in [1.807, 2.05) is 23.1 Å². The lowest BCUT2D eigenvalue weighted by molar-refractivity contribution is -0.130. The van der Waals surface area contributed by atoms with Crippen molar-refractivity contribution in [3.63, 3.8) is 0 Å². The number of amides is 2. The number of hydrogen-bond donors (Lipinski definition) is 1. The highest BCUT2D eigenvalue weighted by Crippen LogP contribution is 2.32. The first-order valence-corrected chi connectivity index (χ1v) is 12.0. The Morgan fingerprint density at radius 3 is 2.79 bits per heavy atom. The van der Waals surface area contributed by atoms with E-state index in [2.05, 4.69) is 33.9 Å². The number of carbonyl (C=O) groups excluding carboxylic acids is 2. The maximum Gasteiger partial charge on any atom is 0.231 e. The first-order chi connectivity index (χ1) is 16.5. The highest BCUT2D eigenvalue weighted by atomic mass is 16.7. The molecule has 2 aromatic rings. The van der Waals surface area contributed by atoms with E-state index < -0.39 is 0 Å². The van der Waals surface area contributed by atoms with Crippen molar-refractivity contribution in [1.29, 1.82) is 0 Å². The van der Waals surface area contributed by atoms with E-state index in [-0.39, 0.29) is 36.5 Å². The number of aromatic nitrogens is 3. The molecule has 10 heteroatoms. The Hall–Kier alpha value is -3.14. The quantitative estimate of drug-likeness (QED) is 0.683. The van der Waals surface area contributed by atoms with Gasteiger partial charge in [-0.2, -0.15) is 0 Å². The van der Waals surface area contributed by atoms with Crippen molar-refractivity contribution in [2.24, 2.45) is 11.8 Å². The SMILES string of the molecule is CC(C)[C@H](NC(=O)[C@H]1CCOC1)c1nnc2n1CCN(C(=O)Cc1ccc3c(c1)OCO3)CC2. The minimum absolute atomic E-state index is 0.00250. The van der Waals surface area contributed by atoms with Crippen molar-refractivity contribution >= 4 is 11.8 Å². The van der Waals surface area contributed by atoms with Gasteiger partial charge >= 0.3 is 0 Å². The summed E-state index contributed by atoms with van der Waals surface area (Å²) in [6, 6.07) is 5.38. The lowest BCUT2D eigenvalue weighted by Crippen LogP contribution is -2.38. The fourth-order valence-corrected chi connectivity index (χ4v) is 4.70. The summed E-state index contributed by atoms with van der Waals surface area (Å²) >= 11 is 0. The van der Waals surface area contributed by atoms with E-state index in [1.165, 1.54) is 0 Å². The highest BCUT2D eigenvalue weighted by molar-refractivity contribution is 5.80. The third kappa shape index (κ3) is 4.59. The van der Waals surface area contributed by atoms with E-state index in [9.17, 15) is 9.59 Å².